The number of benzene rings is 2. The molecule has 108 valence electrons. The quantitative estimate of drug-likeness (QED) is 0.689. The third-order valence-corrected chi connectivity index (χ3v) is 12.9. The van der Waals surface area contributed by atoms with Crippen molar-refractivity contribution in [2.45, 2.75) is 20.6 Å². The van der Waals surface area contributed by atoms with E-state index in [1.54, 1.807) is 11.1 Å². The molecule has 22 heavy (non-hydrogen) atoms. The first kappa shape index (κ1) is 14.3. The Hall–Kier alpha value is -1.33. The van der Waals surface area contributed by atoms with Crippen LogP contribution in [-0.4, -0.2) is 3.71 Å². The standard InChI is InChI=1S/2C9H7.C3H6.Zr/c2*1-2-5-9-7-3-6-8(9)4-1;1-3-2;/h2*1-7H;1H,3H2,2H3;. The molecule has 2 aromatic carbocycles. The van der Waals surface area contributed by atoms with Gasteiger partial charge in [-0.3, -0.25) is 0 Å². The van der Waals surface area contributed by atoms with Gasteiger partial charge in [0.05, 0.1) is 0 Å². The van der Waals surface area contributed by atoms with E-state index < -0.39 is 21.3 Å². The molecule has 2 unspecified atom stereocenters. The molecule has 0 heterocycles. The van der Waals surface area contributed by atoms with Gasteiger partial charge in [0.1, 0.15) is 0 Å². The Morgan fingerprint density at radius 2 is 1.32 bits per heavy atom. The van der Waals surface area contributed by atoms with Gasteiger partial charge in [-0.1, -0.05) is 0 Å². The molecule has 0 spiro atoms. The third kappa shape index (κ3) is 2.36. The summed E-state index contributed by atoms with van der Waals surface area (Å²) in [4.78, 5) is 0. The summed E-state index contributed by atoms with van der Waals surface area (Å²) in [6, 6.07) is 17.9. The molecule has 0 radical (unpaired) electrons. The van der Waals surface area contributed by atoms with E-state index >= 15 is 0 Å². The van der Waals surface area contributed by atoms with Crippen molar-refractivity contribution >= 4 is 15.9 Å². The second-order valence-corrected chi connectivity index (χ2v) is 12.6. The first-order valence-corrected chi connectivity index (χ1v) is 12.4. The van der Waals surface area contributed by atoms with Gasteiger partial charge in [-0.25, -0.2) is 0 Å². The van der Waals surface area contributed by atoms with Gasteiger partial charge < -0.3 is 0 Å². The molecule has 0 aliphatic heterocycles. The van der Waals surface area contributed by atoms with Crippen molar-refractivity contribution < 1.29 is 21.3 Å². The van der Waals surface area contributed by atoms with Crippen LogP contribution in [0.2, 0.25) is 0 Å². The molecule has 0 aromatic heterocycles. The Morgan fingerprint density at radius 1 is 0.818 bits per heavy atom. The number of fused-ring (bicyclic) bond motifs is 2. The van der Waals surface area contributed by atoms with Gasteiger partial charge in [0.25, 0.3) is 0 Å². The molecule has 1 heteroatoms. The summed E-state index contributed by atoms with van der Waals surface area (Å²) < 4.78 is 4.09. The number of hydrogen-bond acceptors (Lipinski definition) is 0. The summed E-state index contributed by atoms with van der Waals surface area (Å²) in [5.74, 6) is 0. The van der Waals surface area contributed by atoms with E-state index in [2.05, 4.69) is 83.5 Å². The minimum atomic E-state index is -1.80. The Morgan fingerprint density at radius 3 is 1.82 bits per heavy atom. The zero-order chi connectivity index (χ0) is 14.9. The van der Waals surface area contributed by atoms with Crippen LogP contribution < -0.4 is 0 Å². The molecule has 2 aromatic rings. The molecule has 0 fully saturated rings. The Labute approximate surface area is 140 Å². The van der Waals surface area contributed by atoms with Crippen LogP contribution in [0.4, 0.5) is 0 Å². The summed E-state index contributed by atoms with van der Waals surface area (Å²) in [6.07, 6.45) is 10.9. The molecular formula is C21H20Zr. The molecule has 2 aliphatic rings. The molecule has 0 saturated heterocycles. The van der Waals surface area contributed by atoms with E-state index in [1.165, 1.54) is 17.5 Å². The van der Waals surface area contributed by atoms with Crippen molar-refractivity contribution in [3.8, 4) is 0 Å². The average Bonchev–Trinajstić information content (AvgIpc) is 3.17. The van der Waals surface area contributed by atoms with E-state index in [1.807, 2.05) is 0 Å². The van der Waals surface area contributed by atoms with Crippen LogP contribution >= 0.6 is 0 Å². The van der Waals surface area contributed by atoms with Gasteiger partial charge in [0.15, 0.2) is 0 Å². The number of rotatable bonds is 3. The van der Waals surface area contributed by atoms with Gasteiger partial charge in [-0.05, 0) is 0 Å². The van der Waals surface area contributed by atoms with Crippen LogP contribution in [0.25, 0.3) is 12.2 Å². The first-order chi connectivity index (χ1) is 10.9. The predicted molar refractivity (Wildman–Crippen MR) is 92.8 cm³/mol. The van der Waals surface area contributed by atoms with Crippen LogP contribution in [0.5, 0.6) is 0 Å². The van der Waals surface area contributed by atoms with Crippen LogP contribution in [0.15, 0.2) is 60.7 Å². The Balaban J connectivity index is 1.78. The fourth-order valence-corrected chi connectivity index (χ4v) is 11.7. The Kier molecular flexibility index (Phi) is 3.93. The van der Waals surface area contributed by atoms with Gasteiger partial charge >= 0.3 is 141 Å². The maximum atomic E-state index is 2.70. The molecule has 0 amide bonds. The summed E-state index contributed by atoms with van der Waals surface area (Å²) in [5, 5.41) is 0. The van der Waals surface area contributed by atoms with Crippen LogP contribution in [0.3, 0.4) is 0 Å². The van der Waals surface area contributed by atoms with Crippen molar-refractivity contribution in [2.75, 3.05) is 0 Å². The van der Waals surface area contributed by atoms with Crippen LogP contribution in [0, 0.1) is 0 Å². The van der Waals surface area contributed by atoms with Crippen molar-refractivity contribution in [1.82, 2.24) is 0 Å². The second-order valence-electron chi connectivity index (χ2n) is 6.04. The number of hydrogen-bond donors (Lipinski definition) is 0. The van der Waals surface area contributed by atoms with Crippen LogP contribution in [-0.2, 0) is 21.3 Å². The van der Waals surface area contributed by atoms with E-state index in [9.17, 15) is 0 Å². The molecule has 0 nitrogen and oxygen atoms in total. The van der Waals surface area contributed by atoms with E-state index in [0.29, 0.717) is 7.25 Å². The molecule has 4 rings (SSSR count). The molecule has 2 atom stereocenters. The summed E-state index contributed by atoms with van der Waals surface area (Å²) in [7, 11) is 0. The molecular weight excluding hydrogens is 343 g/mol. The fraction of sp³-hybridized carbons (Fsp3) is 0.190. The topological polar surface area (TPSA) is 0 Å². The van der Waals surface area contributed by atoms with Gasteiger partial charge in [0, 0.05) is 0 Å². The average molecular weight is 364 g/mol. The van der Waals surface area contributed by atoms with Gasteiger partial charge in [0.2, 0.25) is 0 Å². The predicted octanol–water partition coefficient (Wildman–Crippen LogP) is 5.35. The molecule has 0 saturated carbocycles. The van der Waals surface area contributed by atoms with Crippen molar-refractivity contribution in [3.63, 3.8) is 0 Å². The SMILES string of the molecule is CC[CH]=[Zr]([CH]1C=Cc2ccccc21)[CH]1C=Cc2ccccc21. The third-order valence-electron chi connectivity index (χ3n) is 4.76. The monoisotopic (exact) mass is 362 g/mol. The normalized spacial score (nSPS) is 20.8. The van der Waals surface area contributed by atoms with Crippen LogP contribution in [0.1, 0.15) is 42.8 Å². The zero-order valence-electron chi connectivity index (χ0n) is 12.9. The second kappa shape index (κ2) is 6.05. The van der Waals surface area contributed by atoms with Crippen molar-refractivity contribution in [1.29, 1.82) is 0 Å². The van der Waals surface area contributed by atoms with E-state index in [0.717, 1.165) is 0 Å². The summed E-state index contributed by atoms with van der Waals surface area (Å²) in [5.41, 5.74) is 6.01. The summed E-state index contributed by atoms with van der Waals surface area (Å²) >= 11 is -1.80. The summed E-state index contributed by atoms with van der Waals surface area (Å²) in [6.45, 7) is 2.30. The molecule has 2 aliphatic carbocycles. The fourth-order valence-electron chi connectivity index (χ4n) is 3.76. The molecule has 0 N–H and O–H groups in total. The van der Waals surface area contributed by atoms with Gasteiger partial charge in [-0.2, -0.15) is 0 Å². The zero-order valence-corrected chi connectivity index (χ0v) is 15.3. The first-order valence-electron chi connectivity index (χ1n) is 8.12. The minimum absolute atomic E-state index is 0.694. The van der Waals surface area contributed by atoms with Crippen molar-refractivity contribution in [3.05, 3.63) is 82.9 Å². The van der Waals surface area contributed by atoms with Gasteiger partial charge in [-0.15, -0.1) is 0 Å². The van der Waals surface area contributed by atoms with E-state index in [-0.39, 0.29) is 0 Å². The maximum absolute atomic E-state index is 2.70. The molecule has 0 bridgehead atoms. The van der Waals surface area contributed by atoms with Crippen molar-refractivity contribution in [2.24, 2.45) is 0 Å². The number of allylic oxidation sites excluding steroid dienone is 2. The van der Waals surface area contributed by atoms with E-state index in [4.69, 9.17) is 0 Å². The Bertz CT molecular complexity index is 732.